The highest BCUT2D eigenvalue weighted by molar-refractivity contribution is 6.07. The van der Waals surface area contributed by atoms with Gasteiger partial charge >= 0.3 is 5.91 Å². The van der Waals surface area contributed by atoms with Crippen LogP contribution in [0.3, 0.4) is 0 Å². The zero-order valence-electron chi connectivity index (χ0n) is 16.7. The molecule has 4 rings (SSSR count). The Bertz CT molecular complexity index is 1050. The van der Waals surface area contributed by atoms with Gasteiger partial charge in [0.05, 0.1) is 18.3 Å². The van der Waals surface area contributed by atoms with Crippen LogP contribution in [0, 0.1) is 6.92 Å². The number of carbonyl (C=O) groups is 2. The highest BCUT2D eigenvalue weighted by atomic mass is 16.4. The summed E-state index contributed by atoms with van der Waals surface area (Å²) in [5.41, 5.74) is 4.78. The molecule has 0 saturated heterocycles. The maximum atomic E-state index is 12.6. The third kappa shape index (κ3) is 4.19. The lowest BCUT2D eigenvalue weighted by molar-refractivity contribution is 0.0917. The van der Waals surface area contributed by atoms with Crippen LogP contribution in [0.1, 0.15) is 57.3 Å². The minimum Gasteiger partial charge on any atom is -0.459 e. The molecule has 0 atom stereocenters. The van der Waals surface area contributed by atoms with Crippen LogP contribution in [0.15, 0.2) is 51.1 Å². The smallest absolute Gasteiger partial charge is 0.307 e. The van der Waals surface area contributed by atoms with Gasteiger partial charge in [0.15, 0.2) is 11.5 Å². The van der Waals surface area contributed by atoms with E-state index in [2.05, 4.69) is 20.8 Å². The average molecular weight is 409 g/mol. The molecule has 156 valence electrons. The molecule has 0 aliphatic heterocycles. The first-order valence-corrected chi connectivity index (χ1v) is 9.90. The van der Waals surface area contributed by atoms with Gasteiger partial charge < -0.3 is 18.7 Å². The predicted molar refractivity (Wildman–Crippen MR) is 108 cm³/mol. The Morgan fingerprint density at radius 3 is 2.97 bits per heavy atom. The number of aryl methyl sites for hydroxylation is 2. The fraction of sp³-hybridized carbons (Fsp3) is 0.333. The van der Waals surface area contributed by atoms with Crippen LogP contribution in [-0.4, -0.2) is 33.6 Å². The second kappa shape index (κ2) is 8.81. The summed E-state index contributed by atoms with van der Waals surface area (Å²) >= 11 is 0. The number of rotatable bonds is 7. The molecule has 2 amide bonds. The molecule has 9 heteroatoms. The van der Waals surface area contributed by atoms with Gasteiger partial charge in [-0.3, -0.25) is 9.59 Å². The number of carbonyl (C=O) groups excluding carboxylic acids is 2. The summed E-state index contributed by atoms with van der Waals surface area (Å²) in [4.78, 5) is 28.7. The van der Waals surface area contributed by atoms with E-state index in [1.165, 1.54) is 6.26 Å². The summed E-state index contributed by atoms with van der Waals surface area (Å²) in [6, 6.07) is 3.21. The summed E-state index contributed by atoms with van der Waals surface area (Å²) in [6.45, 7) is 3.15. The van der Waals surface area contributed by atoms with E-state index in [9.17, 15) is 9.59 Å². The first kappa shape index (κ1) is 19.7. The molecular formula is C21H23N5O4. The predicted octanol–water partition coefficient (Wildman–Crippen LogP) is 2.67. The zero-order chi connectivity index (χ0) is 20.9. The molecule has 0 fully saturated rings. The molecule has 0 bridgehead atoms. The second-order valence-corrected chi connectivity index (χ2v) is 7.09. The molecule has 30 heavy (non-hydrogen) atoms. The number of nitrogens with one attached hydrogen (secondary N) is 2. The van der Waals surface area contributed by atoms with Crippen molar-refractivity contribution in [2.75, 3.05) is 6.54 Å². The Morgan fingerprint density at radius 2 is 2.20 bits per heavy atom. The highest BCUT2D eigenvalue weighted by Gasteiger charge is 2.28. The Kier molecular flexibility index (Phi) is 5.78. The number of amides is 2. The Balaban J connectivity index is 1.42. The second-order valence-electron chi connectivity index (χ2n) is 7.09. The minimum absolute atomic E-state index is 0.190. The van der Waals surface area contributed by atoms with E-state index >= 15 is 0 Å². The Hall–Kier alpha value is -3.62. The number of furan rings is 2. The van der Waals surface area contributed by atoms with E-state index in [1.54, 1.807) is 24.7 Å². The van der Waals surface area contributed by atoms with Gasteiger partial charge in [-0.2, -0.15) is 5.10 Å². The standard InChI is InChI=1S/C21H23N5O4/c1-14-18-15(24-25-20(27)17-7-3-12-29-17)5-2-6-16(18)30-19(14)21(28)23-8-4-10-26-11-9-22-13-26/h3,7,9,11-13H,2,4-6,8,10H2,1H3,(H,23,28)(H,25,27)/b24-15+. The summed E-state index contributed by atoms with van der Waals surface area (Å²) in [5, 5.41) is 7.18. The topological polar surface area (TPSA) is 115 Å². The lowest BCUT2D eigenvalue weighted by atomic mass is 9.93. The number of hydrazone groups is 1. The van der Waals surface area contributed by atoms with Crippen molar-refractivity contribution in [1.82, 2.24) is 20.3 Å². The van der Waals surface area contributed by atoms with Gasteiger partial charge in [0.25, 0.3) is 5.91 Å². The van der Waals surface area contributed by atoms with Gasteiger partial charge in [-0.15, -0.1) is 0 Å². The van der Waals surface area contributed by atoms with Crippen LogP contribution in [0.2, 0.25) is 0 Å². The summed E-state index contributed by atoms with van der Waals surface area (Å²) < 4.78 is 12.9. The number of nitrogens with zero attached hydrogens (tertiary/aromatic N) is 3. The van der Waals surface area contributed by atoms with Crippen LogP contribution >= 0.6 is 0 Å². The van der Waals surface area contributed by atoms with Crippen LogP contribution in [0.25, 0.3) is 0 Å². The molecule has 0 saturated carbocycles. The largest absolute Gasteiger partial charge is 0.459 e. The number of hydrogen-bond donors (Lipinski definition) is 2. The van der Waals surface area contributed by atoms with E-state index in [1.807, 2.05) is 17.7 Å². The number of aromatic nitrogens is 2. The van der Waals surface area contributed by atoms with Crippen LogP contribution in [0.4, 0.5) is 0 Å². The third-order valence-electron chi connectivity index (χ3n) is 5.01. The van der Waals surface area contributed by atoms with Crippen molar-refractivity contribution in [3.8, 4) is 0 Å². The van der Waals surface area contributed by atoms with Crippen molar-refractivity contribution < 1.29 is 18.4 Å². The van der Waals surface area contributed by atoms with Crippen molar-refractivity contribution in [3.63, 3.8) is 0 Å². The van der Waals surface area contributed by atoms with Gasteiger partial charge in [-0.1, -0.05) is 0 Å². The first-order chi connectivity index (χ1) is 14.6. The molecule has 1 aliphatic carbocycles. The third-order valence-corrected chi connectivity index (χ3v) is 5.01. The van der Waals surface area contributed by atoms with Crippen LogP contribution < -0.4 is 10.7 Å². The minimum atomic E-state index is -0.420. The molecule has 0 unspecified atom stereocenters. The molecule has 9 nitrogen and oxygen atoms in total. The SMILES string of the molecule is Cc1c(C(=O)NCCCn2ccnc2)oc2c1/C(=N/NC(=O)c1ccco1)CCC2. The van der Waals surface area contributed by atoms with E-state index in [0.717, 1.165) is 42.7 Å². The van der Waals surface area contributed by atoms with Gasteiger partial charge in [-0.05, 0) is 38.3 Å². The lowest BCUT2D eigenvalue weighted by Gasteiger charge is -2.13. The molecule has 0 radical (unpaired) electrons. The maximum absolute atomic E-state index is 12.6. The van der Waals surface area contributed by atoms with E-state index in [-0.39, 0.29) is 11.7 Å². The zero-order valence-corrected chi connectivity index (χ0v) is 16.7. The molecule has 3 heterocycles. The summed E-state index contributed by atoms with van der Waals surface area (Å²) in [7, 11) is 0. The first-order valence-electron chi connectivity index (χ1n) is 9.90. The van der Waals surface area contributed by atoms with Gasteiger partial charge in [0, 0.05) is 43.0 Å². The molecule has 0 aromatic carbocycles. The van der Waals surface area contributed by atoms with Crippen molar-refractivity contribution in [3.05, 3.63) is 65.5 Å². The maximum Gasteiger partial charge on any atom is 0.307 e. The van der Waals surface area contributed by atoms with Crippen molar-refractivity contribution in [1.29, 1.82) is 0 Å². The van der Waals surface area contributed by atoms with E-state index in [4.69, 9.17) is 8.83 Å². The number of imidazole rings is 1. The van der Waals surface area contributed by atoms with E-state index < -0.39 is 5.91 Å². The summed E-state index contributed by atoms with van der Waals surface area (Å²) in [5.74, 6) is 0.557. The van der Waals surface area contributed by atoms with Crippen LogP contribution in [-0.2, 0) is 13.0 Å². The number of fused-ring (bicyclic) bond motifs is 1. The van der Waals surface area contributed by atoms with Gasteiger partial charge in [0.2, 0.25) is 0 Å². The normalized spacial score (nSPS) is 14.5. The molecule has 0 spiro atoms. The lowest BCUT2D eigenvalue weighted by Crippen LogP contribution is -2.25. The molecule has 3 aromatic rings. The molecule has 1 aliphatic rings. The van der Waals surface area contributed by atoms with Gasteiger partial charge in [0.1, 0.15) is 5.76 Å². The van der Waals surface area contributed by atoms with Gasteiger partial charge in [-0.25, -0.2) is 10.4 Å². The van der Waals surface area contributed by atoms with Crippen molar-refractivity contribution >= 4 is 17.5 Å². The molecular weight excluding hydrogens is 386 g/mol. The summed E-state index contributed by atoms with van der Waals surface area (Å²) in [6.07, 6.45) is 9.84. The van der Waals surface area contributed by atoms with Crippen molar-refractivity contribution in [2.45, 2.75) is 39.2 Å². The fourth-order valence-electron chi connectivity index (χ4n) is 3.54. The van der Waals surface area contributed by atoms with Crippen LogP contribution in [0.5, 0.6) is 0 Å². The Morgan fingerprint density at radius 1 is 1.30 bits per heavy atom. The monoisotopic (exact) mass is 409 g/mol. The quantitative estimate of drug-likeness (QED) is 0.460. The highest BCUT2D eigenvalue weighted by Crippen LogP contribution is 2.29. The number of hydrogen-bond acceptors (Lipinski definition) is 6. The van der Waals surface area contributed by atoms with E-state index in [0.29, 0.717) is 24.4 Å². The average Bonchev–Trinajstić information content (AvgIpc) is 3.51. The Labute approximate surface area is 173 Å². The molecule has 3 aromatic heterocycles. The molecule has 2 N–H and O–H groups in total. The fourth-order valence-corrected chi connectivity index (χ4v) is 3.54. The van der Waals surface area contributed by atoms with Crippen molar-refractivity contribution in [2.24, 2.45) is 5.10 Å².